The van der Waals surface area contributed by atoms with Gasteiger partial charge < -0.3 is 0 Å². The molecule has 0 aliphatic heterocycles. The van der Waals surface area contributed by atoms with Gasteiger partial charge in [-0.25, -0.2) is 0 Å². The Morgan fingerprint density at radius 2 is 2.06 bits per heavy atom. The molecule has 0 aliphatic rings. The van der Waals surface area contributed by atoms with E-state index in [9.17, 15) is 4.79 Å². The first-order valence-electron chi connectivity index (χ1n) is 5.67. The van der Waals surface area contributed by atoms with Crippen LogP contribution in [0.2, 0.25) is 0 Å². The van der Waals surface area contributed by atoms with E-state index < -0.39 is 0 Å². The Hall–Kier alpha value is -1.97. The topological polar surface area (TPSA) is 47.8 Å². The maximum Gasteiger partial charge on any atom is 0.185 e. The highest BCUT2D eigenvalue weighted by molar-refractivity contribution is 5.96. The first-order valence-corrected chi connectivity index (χ1v) is 5.67. The van der Waals surface area contributed by atoms with Gasteiger partial charge in [0.25, 0.3) is 0 Å². The van der Waals surface area contributed by atoms with Crippen LogP contribution >= 0.6 is 0 Å². The molecule has 0 spiro atoms. The Bertz CT molecular complexity index is 517. The first-order chi connectivity index (χ1) is 8.20. The van der Waals surface area contributed by atoms with Crippen molar-refractivity contribution in [3.8, 4) is 0 Å². The number of ketones is 1. The third kappa shape index (κ3) is 2.58. The molecule has 0 aliphatic carbocycles. The van der Waals surface area contributed by atoms with Crippen molar-refractivity contribution in [3.63, 3.8) is 0 Å². The SMILES string of the molecule is CCn1nc(C)cc1C(=O)Cc1ccncc1. The molecule has 2 aromatic rings. The van der Waals surface area contributed by atoms with Gasteiger partial charge in [-0.2, -0.15) is 5.10 Å². The Morgan fingerprint density at radius 1 is 1.35 bits per heavy atom. The summed E-state index contributed by atoms with van der Waals surface area (Å²) in [6.45, 7) is 4.59. The Balaban J connectivity index is 2.20. The van der Waals surface area contributed by atoms with Crippen LogP contribution in [-0.2, 0) is 13.0 Å². The number of hydrogen-bond donors (Lipinski definition) is 0. The molecule has 88 valence electrons. The highest BCUT2D eigenvalue weighted by atomic mass is 16.1. The van der Waals surface area contributed by atoms with Crippen molar-refractivity contribution in [2.45, 2.75) is 26.8 Å². The quantitative estimate of drug-likeness (QED) is 0.754. The van der Waals surface area contributed by atoms with Crippen molar-refractivity contribution in [2.24, 2.45) is 0 Å². The van der Waals surface area contributed by atoms with Crippen LogP contribution in [0.15, 0.2) is 30.6 Å². The lowest BCUT2D eigenvalue weighted by molar-refractivity contribution is 0.0983. The van der Waals surface area contributed by atoms with Gasteiger partial charge in [-0.1, -0.05) is 0 Å². The molecule has 2 heterocycles. The third-order valence-corrected chi connectivity index (χ3v) is 2.60. The zero-order valence-corrected chi connectivity index (χ0v) is 10.1. The van der Waals surface area contributed by atoms with Gasteiger partial charge in [0.15, 0.2) is 5.78 Å². The standard InChI is InChI=1S/C13H15N3O/c1-3-16-12(8-10(2)15-16)13(17)9-11-4-6-14-7-5-11/h4-8H,3,9H2,1-2H3. The number of aromatic nitrogens is 3. The summed E-state index contributed by atoms with van der Waals surface area (Å²) in [5.74, 6) is 0.0960. The van der Waals surface area contributed by atoms with E-state index in [4.69, 9.17) is 0 Å². The van der Waals surface area contributed by atoms with E-state index in [0.29, 0.717) is 18.7 Å². The number of pyridine rings is 1. The van der Waals surface area contributed by atoms with Crippen LogP contribution in [0.4, 0.5) is 0 Å². The molecule has 0 N–H and O–H groups in total. The van der Waals surface area contributed by atoms with E-state index in [1.54, 1.807) is 17.1 Å². The molecule has 0 unspecified atom stereocenters. The van der Waals surface area contributed by atoms with E-state index in [1.165, 1.54) is 0 Å². The fraction of sp³-hybridized carbons (Fsp3) is 0.308. The minimum atomic E-state index is 0.0960. The molecule has 0 amide bonds. The molecule has 4 heteroatoms. The number of rotatable bonds is 4. The number of aryl methyl sites for hydroxylation is 2. The van der Waals surface area contributed by atoms with Crippen molar-refractivity contribution in [1.29, 1.82) is 0 Å². The third-order valence-electron chi connectivity index (χ3n) is 2.60. The largest absolute Gasteiger partial charge is 0.292 e. The maximum absolute atomic E-state index is 12.1. The van der Waals surface area contributed by atoms with Crippen LogP contribution in [0.3, 0.4) is 0 Å². The summed E-state index contributed by atoms with van der Waals surface area (Å²) in [6.07, 6.45) is 3.80. The fourth-order valence-electron chi connectivity index (χ4n) is 1.79. The molecule has 0 atom stereocenters. The lowest BCUT2D eigenvalue weighted by atomic mass is 10.1. The summed E-state index contributed by atoms with van der Waals surface area (Å²) in [4.78, 5) is 16.1. The zero-order valence-electron chi connectivity index (χ0n) is 10.1. The second-order valence-electron chi connectivity index (χ2n) is 3.94. The van der Waals surface area contributed by atoms with Gasteiger partial charge in [0.1, 0.15) is 5.69 Å². The molecule has 0 saturated heterocycles. The predicted molar refractivity (Wildman–Crippen MR) is 64.9 cm³/mol. The summed E-state index contributed by atoms with van der Waals surface area (Å²) < 4.78 is 1.75. The van der Waals surface area contributed by atoms with E-state index >= 15 is 0 Å². The fourth-order valence-corrected chi connectivity index (χ4v) is 1.79. The second-order valence-corrected chi connectivity index (χ2v) is 3.94. The van der Waals surface area contributed by atoms with Gasteiger partial charge in [-0.05, 0) is 37.6 Å². The van der Waals surface area contributed by atoms with Crippen LogP contribution in [0.25, 0.3) is 0 Å². The van der Waals surface area contributed by atoms with Gasteiger partial charge in [0.2, 0.25) is 0 Å². The van der Waals surface area contributed by atoms with E-state index in [0.717, 1.165) is 11.3 Å². The van der Waals surface area contributed by atoms with Crippen LogP contribution in [0.1, 0.15) is 28.7 Å². The number of hydrogen-bond acceptors (Lipinski definition) is 3. The predicted octanol–water partition coefficient (Wildman–Crippen LogP) is 2.03. The zero-order chi connectivity index (χ0) is 12.3. The average molecular weight is 229 g/mol. The van der Waals surface area contributed by atoms with Crippen molar-refractivity contribution >= 4 is 5.78 Å². The number of carbonyl (C=O) groups excluding carboxylic acids is 1. The maximum atomic E-state index is 12.1. The van der Waals surface area contributed by atoms with Gasteiger partial charge in [-0.15, -0.1) is 0 Å². The Labute approximate surface area is 100 Å². The minimum Gasteiger partial charge on any atom is -0.292 e. The van der Waals surface area contributed by atoms with Gasteiger partial charge >= 0.3 is 0 Å². The normalized spacial score (nSPS) is 10.5. The van der Waals surface area contributed by atoms with Gasteiger partial charge in [-0.3, -0.25) is 14.5 Å². The summed E-state index contributed by atoms with van der Waals surface area (Å²) in [5, 5.41) is 4.28. The Morgan fingerprint density at radius 3 is 2.71 bits per heavy atom. The monoisotopic (exact) mass is 229 g/mol. The molecule has 0 fully saturated rings. The molecule has 4 nitrogen and oxygen atoms in total. The Kier molecular flexibility index (Phi) is 3.32. The summed E-state index contributed by atoms with van der Waals surface area (Å²) in [6, 6.07) is 5.56. The van der Waals surface area contributed by atoms with Gasteiger partial charge in [0.05, 0.1) is 5.69 Å². The summed E-state index contributed by atoms with van der Waals surface area (Å²) >= 11 is 0. The van der Waals surface area contributed by atoms with E-state index in [2.05, 4.69) is 10.1 Å². The van der Waals surface area contributed by atoms with Crippen molar-refractivity contribution in [3.05, 3.63) is 47.5 Å². The van der Waals surface area contributed by atoms with Crippen LogP contribution in [-0.4, -0.2) is 20.5 Å². The molecular weight excluding hydrogens is 214 g/mol. The molecule has 0 saturated carbocycles. The molecule has 0 bridgehead atoms. The lowest BCUT2D eigenvalue weighted by Gasteiger charge is -2.03. The molecular formula is C13H15N3O. The van der Waals surface area contributed by atoms with Crippen LogP contribution in [0.5, 0.6) is 0 Å². The van der Waals surface area contributed by atoms with E-state index in [-0.39, 0.29) is 5.78 Å². The number of Topliss-reactive ketones (excluding diaryl/α,β-unsaturated/α-hetero) is 1. The minimum absolute atomic E-state index is 0.0960. The molecule has 2 aromatic heterocycles. The van der Waals surface area contributed by atoms with Crippen LogP contribution in [0, 0.1) is 6.92 Å². The highest BCUT2D eigenvalue weighted by Crippen LogP contribution is 2.09. The molecule has 17 heavy (non-hydrogen) atoms. The summed E-state index contributed by atoms with van der Waals surface area (Å²) in [5.41, 5.74) is 2.54. The highest BCUT2D eigenvalue weighted by Gasteiger charge is 2.13. The number of nitrogens with zero attached hydrogens (tertiary/aromatic N) is 3. The number of carbonyl (C=O) groups is 1. The second kappa shape index (κ2) is 4.91. The molecule has 0 aromatic carbocycles. The van der Waals surface area contributed by atoms with Crippen molar-refractivity contribution < 1.29 is 4.79 Å². The van der Waals surface area contributed by atoms with Crippen molar-refractivity contribution in [1.82, 2.24) is 14.8 Å². The average Bonchev–Trinajstić information content (AvgIpc) is 2.72. The van der Waals surface area contributed by atoms with Crippen molar-refractivity contribution in [2.75, 3.05) is 0 Å². The lowest BCUT2D eigenvalue weighted by Crippen LogP contribution is -2.11. The van der Waals surface area contributed by atoms with Gasteiger partial charge in [0, 0.05) is 25.4 Å². The first kappa shape index (κ1) is 11.5. The van der Waals surface area contributed by atoms with E-state index in [1.807, 2.05) is 32.0 Å². The summed E-state index contributed by atoms with van der Waals surface area (Å²) in [7, 11) is 0. The van der Waals surface area contributed by atoms with Crippen LogP contribution < -0.4 is 0 Å². The molecule has 2 rings (SSSR count). The smallest absolute Gasteiger partial charge is 0.185 e. The molecule has 0 radical (unpaired) electrons.